The summed E-state index contributed by atoms with van der Waals surface area (Å²) in [6, 6.07) is 0. The molecule has 0 radical (unpaired) electrons. The largest absolute Gasteiger partial charge is 0.456 e. The van der Waals surface area contributed by atoms with E-state index in [1.165, 1.54) is 0 Å². The zero-order chi connectivity index (χ0) is 8.85. The molecule has 0 heterocycles. The predicted molar refractivity (Wildman–Crippen MR) is 40.7 cm³/mol. The van der Waals surface area contributed by atoms with Gasteiger partial charge in [0, 0.05) is 5.57 Å². The highest BCUT2D eigenvalue weighted by atomic mass is 16.5. The van der Waals surface area contributed by atoms with Crippen LogP contribution in [0, 0.1) is 0 Å². The lowest BCUT2D eigenvalue weighted by atomic mass is 10.4. The van der Waals surface area contributed by atoms with E-state index in [1.54, 1.807) is 13.8 Å². The summed E-state index contributed by atoms with van der Waals surface area (Å²) in [7, 11) is 0. The van der Waals surface area contributed by atoms with Crippen LogP contribution in [0.1, 0.15) is 13.8 Å². The molecular formula is C7H11NO3. The van der Waals surface area contributed by atoms with Gasteiger partial charge in [0.05, 0.1) is 5.71 Å². The van der Waals surface area contributed by atoms with E-state index in [-0.39, 0.29) is 6.61 Å². The smallest absolute Gasteiger partial charge is 0.333 e. The molecular weight excluding hydrogens is 146 g/mol. The molecule has 4 heteroatoms. The van der Waals surface area contributed by atoms with Crippen molar-refractivity contribution in [3.8, 4) is 0 Å². The van der Waals surface area contributed by atoms with Crippen LogP contribution >= 0.6 is 0 Å². The summed E-state index contributed by atoms with van der Waals surface area (Å²) in [6.07, 6.45) is 0. The molecule has 0 bridgehead atoms. The number of esters is 1. The summed E-state index contributed by atoms with van der Waals surface area (Å²) in [5, 5.41) is 11.0. The summed E-state index contributed by atoms with van der Waals surface area (Å²) in [4.78, 5) is 10.7. The molecule has 0 spiro atoms. The minimum Gasteiger partial charge on any atom is -0.456 e. The lowest BCUT2D eigenvalue weighted by Gasteiger charge is -2.01. The van der Waals surface area contributed by atoms with Crippen LogP contribution in [-0.2, 0) is 9.53 Å². The van der Waals surface area contributed by atoms with Gasteiger partial charge in [0.25, 0.3) is 0 Å². The van der Waals surface area contributed by atoms with E-state index in [1.807, 2.05) is 0 Å². The fourth-order valence-electron chi connectivity index (χ4n) is 0.322. The Morgan fingerprint density at radius 2 is 2.18 bits per heavy atom. The van der Waals surface area contributed by atoms with Crippen molar-refractivity contribution in [3.05, 3.63) is 12.2 Å². The van der Waals surface area contributed by atoms with Crippen LogP contribution in [-0.4, -0.2) is 23.5 Å². The van der Waals surface area contributed by atoms with Crippen molar-refractivity contribution in [2.75, 3.05) is 6.61 Å². The summed E-state index contributed by atoms with van der Waals surface area (Å²) >= 11 is 0. The SMILES string of the molecule is C=C(C)C(=O)OC/C(C)=N/O. The molecule has 0 aromatic carbocycles. The maximum atomic E-state index is 10.7. The van der Waals surface area contributed by atoms with Gasteiger partial charge >= 0.3 is 5.97 Å². The molecule has 0 aromatic rings. The Kier molecular flexibility index (Phi) is 3.95. The molecule has 0 aliphatic rings. The van der Waals surface area contributed by atoms with E-state index < -0.39 is 5.97 Å². The predicted octanol–water partition coefficient (Wildman–Crippen LogP) is 0.956. The van der Waals surface area contributed by atoms with Gasteiger partial charge in [0.1, 0.15) is 6.61 Å². The van der Waals surface area contributed by atoms with Crippen molar-refractivity contribution in [1.82, 2.24) is 0 Å². The molecule has 0 fully saturated rings. The second-order valence-electron chi connectivity index (χ2n) is 2.19. The van der Waals surface area contributed by atoms with Gasteiger partial charge < -0.3 is 9.94 Å². The second-order valence-corrected chi connectivity index (χ2v) is 2.19. The van der Waals surface area contributed by atoms with E-state index in [0.29, 0.717) is 11.3 Å². The monoisotopic (exact) mass is 157 g/mol. The molecule has 0 aromatic heterocycles. The molecule has 0 rings (SSSR count). The summed E-state index contributed by atoms with van der Waals surface area (Å²) in [5.74, 6) is -0.479. The van der Waals surface area contributed by atoms with Gasteiger partial charge in [-0.25, -0.2) is 4.79 Å². The minimum absolute atomic E-state index is 0.00218. The van der Waals surface area contributed by atoms with Crippen LogP contribution in [0.5, 0.6) is 0 Å². The van der Waals surface area contributed by atoms with Crippen LogP contribution in [0.4, 0.5) is 0 Å². The Bertz CT molecular complexity index is 196. The van der Waals surface area contributed by atoms with Crippen molar-refractivity contribution in [2.24, 2.45) is 5.16 Å². The molecule has 0 atom stereocenters. The normalized spacial score (nSPS) is 10.9. The first-order valence-corrected chi connectivity index (χ1v) is 3.08. The first-order valence-electron chi connectivity index (χ1n) is 3.08. The molecule has 0 amide bonds. The Balaban J connectivity index is 3.72. The third-order valence-corrected chi connectivity index (χ3v) is 0.931. The number of ether oxygens (including phenoxy) is 1. The Morgan fingerprint density at radius 1 is 1.64 bits per heavy atom. The molecule has 1 N–H and O–H groups in total. The van der Waals surface area contributed by atoms with E-state index in [0.717, 1.165) is 0 Å². The molecule has 11 heavy (non-hydrogen) atoms. The number of hydrogen-bond donors (Lipinski definition) is 1. The van der Waals surface area contributed by atoms with Crippen molar-refractivity contribution < 1.29 is 14.7 Å². The van der Waals surface area contributed by atoms with E-state index in [9.17, 15) is 4.79 Å². The second kappa shape index (κ2) is 4.49. The van der Waals surface area contributed by atoms with Gasteiger partial charge in [-0.3, -0.25) is 0 Å². The van der Waals surface area contributed by atoms with Gasteiger partial charge in [-0.1, -0.05) is 11.7 Å². The lowest BCUT2D eigenvalue weighted by Crippen LogP contribution is -2.11. The van der Waals surface area contributed by atoms with Crippen LogP contribution in [0.2, 0.25) is 0 Å². The maximum absolute atomic E-state index is 10.7. The number of carbonyl (C=O) groups excluding carboxylic acids is 1. The third-order valence-electron chi connectivity index (χ3n) is 0.931. The fourth-order valence-corrected chi connectivity index (χ4v) is 0.322. The Morgan fingerprint density at radius 3 is 2.55 bits per heavy atom. The van der Waals surface area contributed by atoms with Crippen LogP contribution in [0.25, 0.3) is 0 Å². The van der Waals surface area contributed by atoms with Crippen molar-refractivity contribution in [3.63, 3.8) is 0 Å². The van der Waals surface area contributed by atoms with E-state index in [2.05, 4.69) is 16.5 Å². The van der Waals surface area contributed by atoms with Gasteiger partial charge in [-0.05, 0) is 13.8 Å². The van der Waals surface area contributed by atoms with Crippen molar-refractivity contribution in [2.45, 2.75) is 13.8 Å². The number of rotatable bonds is 3. The molecule has 0 aliphatic carbocycles. The quantitative estimate of drug-likeness (QED) is 0.218. The van der Waals surface area contributed by atoms with E-state index in [4.69, 9.17) is 5.21 Å². The van der Waals surface area contributed by atoms with Gasteiger partial charge in [0.15, 0.2) is 0 Å². The van der Waals surface area contributed by atoms with Gasteiger partial charge in [-0.2, -0.15) is 0 Å². The molecule has 4 nitrogen and oxygen atoms in total. The molecule has 0 aliphatic heterocycles. The summed E-state index contributed by atoms with van der Waals surface area (Å²) in [6.45, 7) is 6.48. The molecule has 62 valence electrons. The molecule has 0 saturated heterocycles. The summed E-state index contributed by atoms with van der Waals surface area (Å²) < 4.78 is 4.63. The minimum atomic E-state index is -0.479. The number of hydrogen-bond acceptors (Lipinski definition) is 4. The summed E-state index contributed by atoms with van der Waals surface area (Å²) in [5.41, 5.74) is 0.676. The highest BCUT2D eigenvalue weighted by Crippen LogP contribution is 1.91. The zero-order valence-corrected chi connectivity index (χ0v) is 6.63. The highest BCUT2D eigenvalue weighted by Gasteiger charge is 2.02. The third kappa shape index (κ3) is 4.13. The average molecular weight is 157 g/mol. The van der Waals surface area contributed by atoms with Crippen molar-refractivity contribution >= 4 is 11.7 Å². The topological polar surface area (TPSA) is 58.9 Å². The lowest BCUT2D eigenvalue weighted by molar-refractivity contribution is -0.137. The molecule has 0 saturated carbocycles. The first kappa shape index (κ1) is 9.68. The van der Waals surface area contributed by atoms with Gasteiger partial charge in [-0.15, -0.1) is 0 Å². The van der Waals surface area contributed by atoms with Crippen molar-refractivity contribution in [1.29, 1.82) is 0 Å². The Labute approximate surface area is 65.2 Å². The maximum Gasteiger partial charge on any atom is 0.333 e. The van der Waals surface area contributed by atoms with Crippen LogP contribution in [0.3, 0.4) is 0 Å². The van der Waals surface area contributed by atoms with Gasteiger partial charge in [0.2, 0.25) is 0 Å². The average Bonchev–Trinajstić information content (AvgIpc) is 1.99. The number of oxime groups is 1. The zero-order valence-electron chi connectivity index (χ0n) is 6.63. The van der Waals surface area contributed by atoms with E-state index >= 15 is 0 Å². The van der Waals surface area contributed by atoms with Crippen LogP contribution < -0.4 is 0 Å². The number of carbonyl (C=O) groups is 1. The highest BCUT2D eigenvalue weighted by molar-refractivity contribution is 5.90. The number of nitrogens with zero attached hydrogens (tertiary/aromatic N) is 1. The standard InChI is InChI=1S/C7H11NO3/c1-5(2)7(9)11-4-6(3)8-10/h10H,1,4H2,2-3H3/b8-6+. The van der Waals surface area contributed by atoms with Crippen LogP contribution in [0.15, 0.2) is 17.3 Å². The first-order chi connectivity index (χ1) is 5.07. The molecule has 0 unspecified atom stereocenters. The Hall–Kier alpha value is -1.32. The fraction of sp³-hybridized carbons (Fsp3) is 0.429.